The summed E-state index contributed by atoms with van der Waals surface area (Å²) in [6.07, 6.45) is 3.86. The predicted molar refractivity (Wildman–Crippen MR) is 75.9 cm³/mol. The lowest BCUT2D eigenvalue weighted by Gasteiger charge is -2.19. The Bertz CT molecular complexity index is 386. The van der Waals surface area contributed by atoms with Gasteiger partial charge in [0.25, 0.3) is 0 Å². The molecule has 2 rings (SSSR count). The molecule has 0 radical (unpaired) electrons. The van der Waals surface area contributed by atoms with E-state index in [-0.39, 0.29) is 5.60 Å². The highest BCUT2D eigenvalue weighted by Gasteiger charge is 2.30. The van der Waals surface area contributed by atoms with Gasteiger partial charge in [-0.1, -0.05) is 29.8 Å². The second-order valence-electron chi connectivity index (χ2n) is 5.98. The third-order valence-corrected chi connectivity index (χ3v) is 3.60. The summed E-state index contributed by atoms with van der Waals surface area (Å²) in [7, 11) is 0. The molecule has 1 fully saturated rings. The van der Waals surface area contributed by atoms with E-state index in [2.05, 4.69) is 50.4 Å². The number of hydrogen-bond acceptors (Lipinski definition) is 2. The number of benzene rings is 1. The SMILES string of the molecule is Cc1cccc(CCNCC2CCC(C)(C)O2)c1. The van der Waals surface area contributed by atoms with Crippen molar-refractivity contribution in [3.8, 4) is 0 Å². The van der Waals surface area contributed by atoms with Gasteiger partial charge in [-0.2, -0.15) is 0 Å². The Morgan fingerprint density at radius 1 is 1.39 bits per heavy atom. The van der Waals surface area contributed by atoms with Crippen LogP contribution in [0.5, 0.6) is 0 Å². The van der Waals surface area contributed by atoms with E-state index in [0.717, 1.165) is 19.5 Å². The molecule has 18 heavy (non-hydrogen) atoms. The summed E-state index contributed by atoms with van der Waals surface area (Å²) in [5.74, 6) is 0. The quantitative estimate of drug-likeness (QED) is 0.807. The van der Waals surface area contributed by atoms with Gasteiger partial charge in [-0.05, 0) is 52.1 Å². The molecule has 0 bridgehead atoms. The minimum Gasteiger partial charge on any atom is -0.371 e. The standard InChI is InChI=1S/C16H25NO/c1-13-5-4-6-14(11-13)8-10-17-12-15-7-9-16(2,3)18-15/h4-6,11,15,17H,7-10,12H2,1-3H3. The molecule has 0 aliphatic carbocycles. The fourth-order valence-electron chi connectivity index (χ4n) is 2.58. The van der Waals surface area contributed by atoms with Crippen LogP contribution < -0.4 is 5.32 Å². The van der Waals surface area contributed by atoms with E-state index in [0.29, 0.717) is 6.10 Å². The molecule has 1 aliphatic rings. The highest BCUT2D eigenvalue weighted by Crippen LogP contribution is 2.28. The third kappa shape index (κ3) is 4.11. The van der Waals surface area contributed by atoms with Gasteiger partial charge in [0.1, 0.15) is 0 Å². The summed E-state index contributed by atoms with van der Waals surface area (Å²) in [6.45, 7) is 8.52. The molecule has 1 aromatic carbocycles. The van der Waals surface area contributed by atoms with Crippen molar-refractivity contribution in [1.82, 2.24) is 5.32 Å². The van der Waals surface area contributed by atoms with E-state index in [4.69, 9.17) is 4.74 Å². The number of aryl methyl sites for hydroxylation is 1. The van der Waals surface area contributed by atoms with E-state index in [9.17, 15) is 0 Å². The molecular weight excluding hydrogens is 222 g/mol. The number of ether oxygens (including phenoxy) is 1. The summed E-state index contributed by atoms with van der Waals surface area (Å²) in [4.78, 5) is 0. The van der Waals surface area contributed by atoms with Gasteiger partial charge < -0.3 is 10.1 Å². The van der Waals surface area contributed by atoms with Gasteiger partial charge in [0.05, 0.1) is 11.7 Å². The lowest BCUT2D eigenvalue weighted by atomic mass is 10.1. The molecule has 2 heteroatoms. The summed E-state index contributed by atoms with van der Waals surface area (Å²) >= 11 is 0. The zero-order valence-corrected chi connectivity index (χ0v) is 11.8. The highest BCUT2D eigenvalue weighted by molar-refractivity contribution is 5.22. The van der Waals surface area contributed by atoms with E-state index >= 15 is 0 Å². The minimum atomic E-state index is 0.0862. The third-order valence-electron chi connectivity index (χ3n) is 3.60. The van der Waals surface area contributed by atoms with Crippen molar-refractivity contribution in [1.29, 1.82) is 0 Å². The molecule has 2 nitrogen and oxygen atoms in total. The van der Waals surface area contributed by atoms with E-state index < -0.39 is 0 Å². The molecule has 0 spiro atoms. The average Bonchev–Trinajstić information content (AvgIpc) is 2.65. The Hall–Kier alpha value is -0.860. The van der Waals surface area contributed by atoms with E-state index in [1.807, 2.05) is 0 Å². The van der Waals surface area contributed by atoms with Crippen molar-refractivity contribution in [3.05, 3.63) is 35.4 Å². The molecule has 1 heterocycles. The van der Waals surface area contributed by atoms with E-state index in [1.165, 1.54) is 24.0 Å². The molecule has 0 amide bonds. The van der Waals surface area contributed by atoms with Crippen LogP contribution in [0.3, 0.4) is 0 Å². The normalized spacial score (nSPS) is 22.3. The van der Waals surface area contributed by atoms with Crippen LogP contribution in [0.2, 0.25) is 0 Å². The van der Waals surface area contributed by atoms with Gasteiger partial charge in [-0.15, -0.1) is 0 Å². The monoisotopic (exact) mass is 247 g/mol. The first-order valence-corrected chi connectivity index (χ1v) is 6.99. The largest absolute Gasteiger partial charge is 0.371 e. The van der Waals surface area contributed by atoms with Crippen LogP contribution in [0, 0.1) is 6.92 Å². The van der Waals surface area contributed by atoms with Gasteiger partial charge in [0.2, 0.25) is 0 Å². The first kappa shape index (κ1) is 13.6. The van der Waals surface area contributed by atoms with Crippen LogP contribution >= 0.6 is 0 Å². The van der Waals surface area contributed by atoms with Crippen molar-refractivity contribution in [3.63, 3.8) is 0 Å². The first-order valence-electron chi connectivity index (χ1n) is 6.99. The molecular formula is C16H25NO. The van der Waals surface area contributed by atoms with Gasteiger partial charge in [0, 0.05) is 6.54 Å². The second kappa shape index (κ2) is 5.85. The second-order valence-corrected chi connectivity index (χ2v) is 5.98. The molecule has 0 saturated carbocycles. The lowest BCUT2D eigenvalue weighted by molar-refractivity contribution is -0.0140. The molecule has 100 valence electrons. The fourth-order valence-corrected chi connectivity index (χ4v) is 2.58. The Kier molecular flexibility index (Phi) is 4.41. The van der Waals surface area contributed by atoms with E-state index in [1.54, 1.807) is 0 Å². The Morgan fingerprint density at radius 3 is 2.89 bits per heavy atom. The zero-order valence-electron chi connectivity index (χ0n) is 11.8. The van der Waals surface area contributed by atoms with Gasteiger partial charge in [-0.25, -0.2) is 0 Å². The van der Waals surface area contributed by atoms with Crippen LogP contribution in [-0.2, 0) is 11.2 Å². The van der Waals surface area contributed by atoms with Gasteiger partial charge in [0.15, 0.2) is 0 Å². The van der Waals surface area contributed by atoms with Crippen LogP contribution in [0.15, 0.2) is 24.3 Å². The number of nitrogens with one attached hydrogen (secondary N) is 1. The summed E-state index contributed by atoms with van der Waals surface area (Å²) in [6, 6.07) is 8.74. The van der Waals surface area contributed by atoms with Gasteiger partial charge >= 0.3 is 0 Å². The number of rotatable bonds is 5. The van der Waals surface area contributed by atoms with Crippen molar-refractivity contribution < 1.29 is 4.74 Å². The predicted octanol–water partition coefficient (Wildman–Crippen LogP) is 3.08. The maximum Gasteiger partial charge on any atom is 0.0707 e. The van der Waals surface area contributed by atoms with Crippen molar-refractivity contribution in [2.24, 2.45) is 0 Å². The Labute approximate surface area is 111 Å². The van der Waals surface area contributed by atoms with Crippen molar-refractivity contribution in [2.75, 3.05) is 13.1 Å². The Balaban J connectivity index is 1.65. The zero-order chi connectivity index (χ0) is 13.0. The van der Waals surface area contributed by atoms with Crippen LogP contribution in [0.25, 0.3) is 0 Å². The van der Waals surface area contributed by atoms with Crippen LogP contribution in [-0.4, -0.2) is 24.8 Å². The van der Waals surface area contributed by atoms with Gasteiger partial charge in [-0.3, -0.25) is 0 Å². The highest BCUT2D eigenvalue weighted by atomic mass is 16.5. The lowest BCUT2D eigenvalue weighted by Crippen LogP contribution is -2.30. The molecule has 1 aromatic rings. The Morgan fingerprint density at radius 2 is 2.22 bits per heavy atom. The molecule has 1 atom stereocenters. The average molecular weight is 247 g/mol. The molecule has 0 aromatic heterocycles. The molecule has 1 N–H and O–H groups in total. The topological polar surface area (TPSA) is 21.3 Å². The van der Waals surface area contributed by atoms with Crippen LogP contribution in [0.1, 0.15) is 37.8 Å². The summed E-state index contributed by atoms with van der Waals surface area (Å²) < 4.78 is 5.96. The summed E-state index contributed by atoms with van der Waals surface area (Å²) in [5, 5.41) is 3.51. The number of hydrogen-bond donors (Lipinski definition) is 1. The molecule has 1 unspecified atom stereocenters. The first-order chi connectivity index (χ1) is 8.55. The van der Waals surface area contributed by atoms with Crippen molar-refractivity contribution >= 4 is 0 Å². The maximum atomic E-state index is 5.96. The fraction of sp³-hybridized carbons (Fsp3) is 0.625. The molecule has 1 aliphatic heterocycles. The van der Waals surface area contributed by atoms with Crippen molar-refractivity contribution in [2.45, 2.75) is 51.7 Å². The summed E-state index contributed by atoms with van der Waals surface area (Å²) in [5.41, 5.74) is 2.84. The minimum absolute atomic E-state index is 0.0862. The van der Waals surface area contributed by atoms with Crippen LogP contribution in [0.4, 0.5) is 0 Å². The smallest absolute Gasteiger partial charge is 0.0707 e. The maximum absolute atomic E-state index is 5.96. The molecule has 1 saturated heterocycles.